The Morgan fingerprint density at radius 1 is 1.39 bits per heavy atom. The quantitative estimate of drug-likeness (QED) is 0.874. The Labute approximate surface area is 108 Å². The molecule has 1 fully saturated rings. The number of carbonyl (C=O) groups is 1. The highest BCUT2D eigenvalue weighted by Gasteiger charge is 2.24. The number of ether oxygens (including phenoxy) is 1. The Kier molecular flexibility index (Phi) is 4.73. The highest BCUT2D eigenvalue weighted by atomic mass is 16.5. The summed E-state index contributed by atoms with van der Waals surface area (Å²) in [4.78, 5) is 13.8. The second-order valence-electron chi connectivity index (χ2n) is 4.50. The van der Waals surface area contributed by atoms with Crippen molar-refractivity contribution in [2.45, 2.75) is 18.9 Å². The van der Waals surface area contributed by atoms with E-state index in [4.69, 9.17) is 10.5 Å². The third kappa shape index (κ3) is 3.31. The summed E-state index contributed by atoms with van der Waals surface area (Å²) in [6.07, 6.45) is 1.30. The van der Waals surface area contributed by atoms with Gasteiger partial charge in [-0.1, -0.05) is 30.3 Å². The zero-order valence-electron chi connectivity index (χ0n) is 10.5. The third-order valence-electron chi connectivity index (χ3n) is 3.19. The first-order chi connectivity index (χ1) is 8.81. The molecule has 2 rings (SSSR count). The summed E-state index contributed by atoms with van der Waals surface area (Å²) in [6.45, 7) is 2.51. The number of amides is 1. The normalized spacial score (nSPS) is 19.8. The average molecular weight is 248 g/mol. The van der Waals surface area contributed by atoms with Crippen molar-refractivity contribution in [3.63, 3.8) is 0 Å². The number of hydrogen-bond acceptors (Lipinski definition) is 3. The van der Waals surface area contributed by atoms with E-state index in [0.29, 0.717) is 32.7 Å². The lowest BCUT2D eigenvalue weighted by Gasteiger charge is -2.33. The third-order valence-corrected chi connectivity index (χ3v) is 3.19. The highest BCUT2D eigenvalue weighted by Crippen LogP contribution is 2.22. The molecule has 18 heavy (non-hydrogen) atoms. The molecule has 0 aliphatic carbocycles. The van der Waals surface area contributed by atoms with Crippen molar-refractivity contribution >= 4 is 5.91 Å². The molecule has 0 saturated carbocycles. The van der Waals surface area contributed by atoms with Gasteiger partial charge in [0, 0.05) is 13.0 Å². The molecular formula is C14H20N2O2. The van der Waals surface area contributed by atoms with Crippen LogP contribution in [0.3, 0.4) is 0 Å². The van der Waals surface area contributed by atoms with Crippen molar-refractivity contribution in [1.29, 1.82) is 0 Å². The van der Waals surface area contributed by atoms with Crippen LogP contribution >= 0.6 is 0 Å². The first kappa shape index (κ1) is 13.1. The van der Waals surface area contributed by atoms with E-state index in [1.165, 1.54) is 0 Å². The molecule has 1 saturated heterocycles. The van der Waals surface area contributed by atoms with E-state index in [0.717, 1.165) is 12.0 Å². The summed E-state index contributed by atoms with van der Waals surface area (Å²) in [5, 5.41) is 0. The Balaban J connectivity index is 1.94. The molecule has 1 heterocycles. The summed E-state index contributed by atoms with van der Waals surface area (Å²) < 4.78 is 5.73. The van der Waals surface area contributed by atoms with Gasteiger partial charge < -0.3 is 15.4 Å². The first-order valence-electron chi connectivity index (χ1n) is 6.45. The second kappa shape index (κ2) is 6.52. The van der Waals surface area contributed by atoms with Crippen LogP contribution in [-0.4, -0.2) is 37.0 Å². The van der Waals surface area contributed by atoms with Crippen LogP contribution in [0.2, 0.25) is 0 Å². The Morgan fingerprint density at radius 2 is 2.17 bits per heavy atom. The lowest BCUT2D eigenvalue weighted by molar-refractivity contribution is -0.139. The molecular weight excluding hydrogens is 228 g/mol. The van der Waals surface area contributed by atoms with E-state index in [1.807, 2.05) is 35.2 Å². The number of carbonyl (C=O) groups excluding carboxylic acids is 1. The van der Waals surface area contributed by atoms with Crippen LogP contribution in [0.15, 0.2) is 30.3 Å². The van der Waals surface area contributed by atoms with Gasteiger partial charge in [-0.25, -0.2) is 0 Å². The predicted octanol–water partition coefficient (Wildman–Crippen LogP) is 1.33. The van der Waals surface area contributed by atoms with Gasteiger partial charge in [0.25, 0.3) is 0 Å². The molecule has 0 radical (unpaired) electrons. The molecule has 1 amide bonds. The predicted molar refractivity (Wildman–Crippen MR) is 70.0 cm³/mol. The number of benzene rings is 1. The van der Waals surface area contributed by atoms with Gasteiger partial charge in [-0.05, 0) is 18.5 Å². The van der Waals surface area contributed by atoms with E-state index in [1.54, 1.807) is 0 Å². The van der Waals surface area contributed by atoms with E-state index in [-0.39, 0.29) is 12.0 Å². The smallest absolute Gasteiger partial charge is 0.222 e. The van der Waals surface area contributed by atoms with Crippen LogP contribution in [0, 0.1) is 0 Å². The molecule has 4 heteroatoms. The van der Waals surface area contributed by atoms with Gasteiger partial charge in [0.1, 0.15) is 6.10 Å². The van der Waals surface area contributed by atoms with Gasteiger partial charge in [-0.15, -0.1) is 0 Å². The van der Waals surface area contributed by atoms with E-state index in [9.17, 15) is 4.79 Å². The molecule has 0 bridgehead atoms. The topological polar surface area (TPSA) is 55.6 Å². The van der Waals surface area contributed by atoms with Crippen molar-refractivity contribution in [2.24, 2.45) is 5.73 Å². The standard InChI is InChI=1S/C14H20N2O2/c15-8-4-7-14(17)16-9-10-18-13(11-16)12-5-2-1-3-6-12/h1-3,5-6,13H,4,7-11,15H2. The minimum Gasteiger partial charge on any atom is -0.370 e. The zero-order valence-corrected chi connectivity index (χ0v) is 10.5. The second-order valence-corrected chi connectivity index (χ2v) is 4.50. The number of rotatable bonds is 4. The number of nitrogens with two attached hydrogens (primary N) is 1. The molecule has 98 valence electrons. The minimum atomic E-state index is 0.00164. The monoisotopic (exact) mass is 248 g/mol. The molecule has 1 aliphatic heterocycles. The summed E-state index contributed by atoms with van der Waals surface area (Å²) >= 11 is 0. The van der Waals surface area contributed by atoms with E-state index >= 15 is 0 Å². The highest BCUT2D eigenvalue weighted by molar-refractivity contribution is 5.76. The molecule has 1 aromatic rings. The fraction of sp³-hybridized carbons (Fsp3) is 0.500. The minimum absolute atomic E-state index is 0.00164. The number of nitrogens with zero attached hydrogens (tertiary/aromatic N) is 1. The van der Waals surface area contributed by atoms with E-state index in [2.05, 4.69) is 0 Å². The molecule has 1 unspecified atom stereocenters. The van der Waals surface area contributed by atoms with Gasteiger partial charge in [0.15, 0.2) is 0 Å². The number of hydrogen-bond donors (Lipinski definition) is 1. The Morgan fingerprint density at radius 3 is 2.89 bits per heavy atom. The van der Waals surface area contributed by atoms with Crippen molar-refractivity contribution < 1.29 is 9.53 Å². The lowest BCUT2D eigenvalue weighted by atomic mass is 10.1. The van der Waals surface area contributed by atoms with Crippen LogP contribution in [0.25, 0.3) is 0 Å². The Hall–Kier alpha value is -1.39. The largest absolute Gasteiger partial charge is 0.370 e. The molecule has 0 aromatic heterocycles. The van der Waals surface area contributed by atoms with Crippen LogP contribution in [-0.2, 0) is 9.53 Å². The SMILES string of the molecule is NCCCC(=O)N1CCOC(c2ccccc2)C1. The van der Waals surface area contributed by atoms with Gasteiger partial charge in [-0.3, -0.25) is 4.79 Å². The van der Waals surface area contributed by atoms with Gasteiger partial charge in [-0.2, -0.15) is 0 Å². The van der Waals surface area contributed by atoms with Crippen LogP contribution in [0.1, 0.15) is 24.5 Å². The lowest BCUT2D eigenvalue weighted by Crippen LogP contribution is -2.42. The Bertz CT molecular complexity index is 381. The van der Waals surface area contributed by atoms with Crippen molar-refractivity contribution in [1.82, 2.24) is 4.90 Å². The summed E-state index contributed by atoms with van der Waals surface area (Å²) in [5.74, 6) is 0.185. The van der Waals surface area contributed by atoms with Crippen LogP contribution in [0.5, 0.6) is 0 Å². The van der Waals surface area contributed by atoms with Crippen molar-refractivity contribution in [2.75, 3.05) is 26.2 Å². The molecule has 4 nitrogen and oxygen atoms in total. The summed E-state index contributed by atoms with van der Waals surface area (Å²) in [6, 6.07) is 10.1. The molecule has 1 atom stereocenters. The van der Waals surface area contributed by atoms with Crippen molar-refractivity contribution in [3.8, 4) is 0 Å². The van der Waals surface area contributed by atoms with Gasteiger partial charge in [0.2, 0.25) is 5.91 Å². The average Bonchev–Trinajstić information content (AvgIpc) is 2.46. The maximum absolute atomic E-state index is 11.9. The molecule has 1 aliphatic rings. The summed E-state index contributed by atoms with van der Waals surface area (Å²) in [7, 11) is 0. The number of morpholine rings is 1. The molecule has 0 spiro atoms. The van der Waals surface area contributed by atoms with Gasteiger partial charge in [0.05, 0.1) is 13.2 Å². The fourth-order valence-electron chi connectivity index (χ4n) is 2.16. The van der Waals surface area contributed by atoms with Crippen LogP contribution < -0.4 is 5.73 Å². The van der Waals surface area contributed by atoms with Crippen molar-refractivity contribution in [3.05, 3.63) is 35.9 Å². The molecule has 1 aromatic carbocycles. The van der Waals surface area contributed by atoms with E-state index < -0.39 is 0 Å². The first-order valence-corrected chi connectivity index (χ1v) is 6.45. The summed E-state index contributed by atoms with van der Waals surface area (Å²) in [5.41, 5.74) is 6.56. The van der Waals surface area contributed by atoms with Crippen LogP contribution in [0.4, 0.5) is 0 Å². The molecule has 2 N–H and O–H groups in total. The fourth-order valence-corrected chi connectivity index (χ4v) is 2.16. The maximum atomic E-state index is 11.9. The zero-order chi connectivity index (χ0) is 12.8. The van der Waals surface area contributed by atoms with Gasteiger partial charge >= 0.3 is 0 Å². The maximum Gasteiger partial charge on any atom is 0.222 e.